The van der Waals surface area contributed by atoms with Gasteiger partial charge in [-0.25, -0.2) is 0 Å². The van der Waals surface area contributed by atoms with E-state index in [-0.39, 0.29) is 18.4 Å². The second kappa shape index (κ2) is 5.79. The van der Waals surface area contributed by atoms with Crippen LogP contribution in [0.5, 0.6) is 0 Å². The molecule has 2 amide bonds. The lowest BCUT2D eigenvalue weighted by Gasteiger charge is -2.15. The molecule has 4 nitrogen and oxygen atoms in total. The predicted octanol–water partition coefficient (Wildman–Crippen LogP) is 1.96. The van der Waals surface area contributed by atoms with Gasteiger partial charge in [-0.05, 0) is 23.3 Å². The van der Waals surface area contributed by atoms with Crippen molar-refractivity contribution < 1.29 is 9.59 Å². The van der Waals surface area contributed by atoms with Crippen molar-refractivity contribution in [2.24, 2.45) is 0 Å². The summed E-state index contributed by atoms with van der Waals surface area (Å²) in [5.41, 5.74) is 2.93. The normalized spacial score (nSPS) is 12.9. The topological polar surface area (TPSA) is 49.4 Å². The molecule has 3 rings (SSSR count). The molecule has 21 heavy (non-hydrogen) atoms. The van der Waals surface area contributed by atoms with E-state index in [4.69, 9.17) is 0 Å². The molecule has 0 saturated carbocycles. The van der Waals surface area contributed by atoms with Gasteiger partial charge in [-0.3, -0.25) is 9.59 Å². The van der Waals surface area contributed by atoms with Gasteiger partial charge in [-0.15, -0.1) is 0 Å². The number of hydrogen-bond acceptors (Lipinski definition) is 2. The average Bonchev–Trinajstić information content (AvgIpc) is 2.97. The largest absolute Gasteiger partial charge is 0.343 e. The molecule has 0 aromatic heterocycles. The molecule has 0 spiro atoms. The van der Waals surface area contributed by atoms with Crippen molar-refractivity contribution in [1.82, 2.24) is 10.2 Å². The van der Waals surface area contributed by atoms with E-state index < -0.39 is 0 Å². The number of fused-ring (bicyclic) bond motifs is 1. The van der Waals surface area contributed by atoms with Crippen molar-refractivity contribution in [2.75, 3.05) is 6.54 Å². The number of nitrogens with one attached hydrogen (secondary N) is 1. The highest BCUT2D eigenvalue weighted by molar-refractivity contribution is 5.96. The molecule has 1 aliphatic rings. The molecule has 0 unspecified atom stereocenters. The van der Waals surface area contributed by atoms with Crippen molar-refractivity contribution >= 4 is 11.8 Å². The minimum Gasteiger partial charge on any atom is -0.343 e. The number of rotatable bonds is 3. The Labute approximate surface area is 123 Å². The van der Waals surface area contributed by atoms with Crippen LogP contribution in [0.2, 0.25) is 0 Å². The highest BCUT2D eigenvalue weighted by Crippen LogP contribution is 2.21. The fourth-order valence-electron chi connectivity index (χ4n) is 2.47. The third kappa shape index (κ3) is 2.94. The monoisotopic (exact) mass is 280 g/mol. The van der Waals surface area contributed by atoms with E-state index in [1.807, 2.05) is 30.3 Å². The van der Waals surface area contributed by atoms with Gasteiger partial charge in [-0.2, -0.15) is 0 Å². The first-order chi connectivity index (χ1) is 10.2. The number of carbonyl (C=O) groups excluding carboxylic acids is 2. The highest BCUT2D eigenvalue weighted by Gasteiger charge is 2.22. The molecule has 0 radical (unpaired) electrons. The lowest BCUT2D eigenvalue weighted by molar-refractivity contribution is -0.130. The average molecular weight is 280 g/mol. The first-order valence-electron chi connectivity index (χ1n) is 6.92. The second-order valence-corrected chi connectivity index (χ2v) is 5.07. The summed E-state index contributed by atoms with van der Waals surface area (Å²) in [5, 5.41) is 2.67. The summed E-state index contributed by atoms with van der Waals surface area (Å²) < 4.78 is 0. The quantitative estimate of drug-likeness (QED) is 0.934. The Hall–Kier alpha value is -2.62. The minimum atomic E-state index is -0.222. The van der Waals surface area contributed by atoms with E-state index in [9.17, 15) is 9.59 Å². The number of amides is 2. The SMILES string of the molecule is O=C(NCC(=O)N1Cc2ccccc2C1)c1ccccc1. The van der Waals surface area contributed by atoms with Crippen LogP contribution in [0, 0.1) is 0 Å². The fourth-order valence-corrected chi connectivity index (χ4v) is 2.47. The summed E-state index contributed by atoms with van der Waals surface area (Å²) >= 11 is 0. The molecule has 4 heteroatoms. The van der Waals surface area contributed by atoms with Crippen LogP contribution in [0.15, 0.2) is 54.6 Å². The van der Waals surface area contributed by atoms with Crippen LogP contribution in [-0.2, 0) is 17.9 Å². The van der Waals surface area contributed by atoms with Crippen LogP contribution in [0.25, 0.3) is 0 Å². The third-order valence-corrected chi connectivity index (χ3v) is 3.63. The zero-order chi connectivity index (χ0) is 14.7. The third-order valence-electron chi connectivity index (χ3n) is 3.63. The summed E-state index contributed by atoms with van der Waals surface area (Å²) in [6, 6.07) is 16.9. The molecular formula is C17H16N2O2. The van der Waals surface area contributed by atoms with E-state index in [1.54, 1.807) is 29.2 Å². The molecule has 1 aliphatic heterocycles. The number of hydrogen-bond donors (Lipinski definition) is 1. The lowest BCUT2D eigenvalue weighted by atomic mass is 10.1. The number of nitrogens with zero attached hydrogens (tertiary/aromatic N) is 1. The lowest BCUT2D eigenvalue weighted by Crippen LogP contribution is -2.37. The first kappa shape index (κ1) is 13.4. The van der Waals surface area contributed by atoms with Gasteiger partial charge in [0.05, 0.1) is 6.54 Å². The standard InChI is InChI=1S/C17H16N2O2/c20-16(10-18-17(21)13-6-2-1-3-7-13)19-11-14-8-4-5-9-15(14)12-19/h1-9H,10-12H2,(H,18,21). The van der Waals surface area contributed by atoms with Crippen LogP contribution < -0.4 is 5.32 Å². The maximum Gasteiger partial charge on any atom is 0.251 e. The maximum absolute atomic E-state index is 12.2. The Morgan fingerprint density at radius 1 is 0.905 bits per heavy atom. The van der Waals surface area contributed by atoms with E-state index >= 15 is 0 Å². The van der Waals surface area contributed by atoms with Gasteiger partial charge in [0.25, 0.3) is 5.91 Å². The molecule has 0 atom stereocenters. The van der Waals surface area contributed by atoms with E-state index in [2.05, 4.69) is 5.32 Å². The molecule has 0 saturated heterocycles. The summed E-state index contributed by atoms with van der Waals surface area (Å²) in [6.45, 7) is 1.27. The van der Waals surface area contributed by atoms with Crippen LogP contribution in [0.4, 0.5) is 0 Å². The van der Waals surface area contributed by atoms with Crippen LogP contribution >= 0.6 is 0 Å². The summed E-state index contributed by atoms with van der Waals surface area (Å²) in [5.74, 6) is -0.281. The van der Waals surface area contributed by atoms with Crippen molar-refractivity contribution in [3.05, 3.63) is 71.3 Å². The van der Waals surface area contributed by atoms with Crippen LogP contribution in [-0.4, -0.2) is 23.3 Å². The van der Waals surface area contributed by atoms with E-state index in [1.165, 1.54) is 11.1 Å². The molecular weight excluding hydrogens is 264 g/mol. The van der Waals surface area contributed by atoms with Gasteiger partial charge < -0.3 is 10.2 Å². The molecule has 0 fully saturated rings. The van der Waals surface area contributed by atoms with Crippen molar-refractivity contribution in [2.45, 2.75) is 13.1 Å². The molecule has 1 N–H and O–H groups in total. The van der Waals surface area contributed by atoms with Crippen molar-refractivity contribution in [3.63, 3.8) is 0 Å². The Bertz CT molecular complexity index is 643. The summed E-state index contributed by atoms with van der Waals surface area (Å²) in [4.78, 5) is 25.8. The van der Waals surface area contributed by atoms with Gasteiger partial charge in [0.1, 0.15) is 0 Å². The number of benzene rings is 2. The Morgan fingerprint density at radius 2 is 1.48 bits per heavy atom. The van der Waals surface area contributed by atoms with Gasteiger partial charge in [0.15, 0.2) is 0 Å². The first-order valence-corrected chi connectivity index (χ1v) is 6.92. The van der Waals surface area contributed by atoms with Crippen molar-refractivity contribution in [1.29, 1.82) is 0 Å². The fraction of sp³-hybridized carbons (Fsp3) is 0.176. The Morgan fingerprint density at radius 3 is 2.10 bits per heavy atom. The summed E-state index contributed by atoms with van der Waals surface area (Å²) in [7, 11) is 0. The van der Waals surface area contributed by atoms with Crippen molar-refractivity contribution in [3.8, 4) is 0 Å². The van der Waals surface area contributed by atoms with Gasteiger partial charge >= 0.3 is 0 Å². The van der Waals surface area contributed by atoms with Gasteiger partial charge in [0.2, 0.25) is 5.91 Å². The van der Waals surface area contributed by atoms with Gasteiger partial charge in [-0.1, -0.05) is 42.5 Å². The smallest absolute Gasteiger partial charge is 0.251 e. The highest BCUT2D eigenvalue weighted by atomic mass is 16.2. The Balaban J connectivity index is 1.55. The minimum absolute atomic E-state index is 0.0295. The second-order valence-electron chi connectivity index (χ2n) is 5.07. The molecule has 0 aliphatic carbocycles. The summed E-state index contributed by atoms with van der Waals surface area (Å²) in [6.07, 6.45) is 0. The van der Waals surface area contributed by atoms with Crippen LogP contribution in [0.1, 0.15) is 21.5 Å². The van der Waals surface area contributed by atoms with E-state index in [0.717, 1.165) is 0 Å². The maximum atomic E-state index is 12.2. The van der Waals surface area contributed by atoms with Crippen LogP contribution in [0.3, 0.4) is 0 Å². The number of carbonyl (C=O) groups is 2. The molecule has 0 bridgehead atoms. The molecule has 2 aromatic carbocycles. The van der Waals surface area contributed by atoms with E-state index in [0.29, 0.717) is 18.7 Å². The molecule has 106 valence electrons. The zero-order valence-electron chi connectivity index (χ0n) is 11.6. The zero-order valence-corrected chi connectivity index (χ0v) is 11.6. The van der Waals surface area contributed by atoms with Gasteiger partial charge in [0, 0.05) is 18.7 Å². The molecule has 1 heterocycles. The Kier molecular flexibility index (Phi) is 3.69. The predicted molar refractivity (Wildman–Crippen MR) is 79.5 cm³/mol. The molecule has 2 aromatic rings.